The highest BCUT2D eigenvalue weighted by Gasteiger charge is 2.20. The second-order valence-electron chi connectivity index (χ2n) is 7.28. The molecule has 0 aliphatic rings. The third-order valence-corrected chi connectivity index (χ3v) is 5.81. The van der Waals surface area contributed by atoms with Gasteiger partial charge in [0.1, 0.15) is 6.20 Å². The summed E-state index contributed by atoms with van der Waals surface area (Å²) in [5, 5.41) is 17.1. The molecule has 1 amide bonds. The molecular formula is C22H18Cl2N6O3. The zero-order chi connectivity index (χ0) is 23.5. The molecular weight excluding hydrogens is 467 g/mol. The number of hydrogen-bond acceptors (Lipinski definition) is 5. The van der Waals surface area contributed by atoms with Crippen molar-refractivity contribution in [2.75, 3.05) is 0 Å². The van der Waals surface area contributed by atoms with Gasteiger partial charge in [-0.1, -0.05) is 47.5 Å². The number of imidazole rings is 1. The third-order valence-electron chi connectivity index (χ3n) is 5.07. The van der Waals surface area contributed by atoms with Crippen LogP contribution in [0.5, 0.6) is 0 Å². The number of carbonyl (C=O) groups is 1. The highest BCUT2D eigenvalue weighted by atomic mass is 35.5. The number of rotatable bonds is 7. The van der Waals surface area contributed by atoms with Crippen LogP contribution in [0.1, 0.15) is 17.0 Å². The quantitative estimate of drug-likeness (QED) is 0.235. The molecule has 0 saturated heterocycles. The Labute approximate surface area is 198 Å². The first-order valence-corrected chi connectivity index (χ1v) is 10.6. The normalized spacial score (nSPS) is 11.4. The van der Waals surface area contributed by atoms with Gasteiger partial charge < -0.3 is 14.7 Å². The van der Waals surface area contributed by atoms with E-state index < -0.39 is 10.8 Å². The van der Waals surface area contributed by atoms with Gasteiger partial charge in [0.25, 0.3) is 5.91 Å². The monoisotopic (exact) mass is 484 g/mol. The third kappa shape index (κ3) is 4.89. The highest BCUT2D eigenvalue weighted by Crippen LogP contribution is 2.25. The molecule has 0 fully saturated rings. The van der Waals surface area contributed by atoms with Crippen LogP contribution >= 0.6 is 23.2 Å². The van der Waals surface area contributed by atoms with Crippen molar-refractivity contribution < 1.29 is 9.72 Å². The summed E-state index contributed by atoms with van der Waals surface area (Å²) in [6.07, 6.45) is 4.59. The standard InChI is InChI=1S/C22H18Cl2N6O3/c1-14-25-10-22(30(32)33)29(14)13-21(31)27-26-9-16-12-28(20-5-3-2-4-17(16)20)11-15-6-7-18(23)19(24)8-15/h2-10,12H,11,13H2,1H3,(H,27,31)/b26-9-. The minimum absolute atomic E-state index is 0.253. The van der Waals surface area contributed by atoms with E-state index in [1.54, 1.807) is 19.2 Å². The number of amides is 1. The molecule has 0 aliphatic carbocycles. The van der Waals surface area contributed by atoms with E-state index in [9.17, 15) is 14.9 Å². The highest BCUT2D eigenvalue weighted by molar-refractivity contribution is 6.42. The Morgan fingerprint density at radius 2 is 2.03 bits per heavy atom. The molecule has 0 atom stereocenters. The van der Waals surface area contributed by atoms with Gasteiger partial charge in [-0.2, -0.15) is 5.10 Å². The van der Waals surface area contributed by atoms with Crippen LogP contribution in [0.2, 0.25) is 10.0 Å². The summed E-state index contributed by atoms with van der Waals surface area (Å²) in [7, 11) is 0. The number of nitro groups is 1. The molecule has 0 unspecified atom stereocenters. The number of halogens is 2. The van der Waals surface area contributed by atoms with Gasteiger partial charge in [0.2, 0.25) is 0 Å². The Hall–Kier alpha value is -3.69. The first kappa shape index (κ1) is 22.5. The van der Waals surface area contributed by atoms with E-state index in [2.05, 4.69) is 20.1 Å². The van der Waals surface area contributed by atoms with Crippen LogP contribution < -0.4 is 5.43 Å². The summed E-state index contributed by atoms with van der Waals surface area (Å²) in [4.78, 5) is 26.6. The average Bonchev–Trinajstić information content (AvgIpc) is 3.32. The Morgan fingerprint density at radius 1 is 1.24 bits per heavy atom. The van der Waals surface area contributed by atoms with Crippen molar-refractivity contribution in [1.82, 2.24) is 19.5 Å². The molecule has 0 aliphatic heterocycles. The van der Waals surface area contributed by atoms with Gasteiger partial charge in [-0.05, 0) is 28.7 Å². The van der Waals surface area contributed by atoms with E-state index in [-0.39, 0.29) is 12.4 Å². The molecule has 2 aromatic heterocycles. The lowest BCUT2D eigenvalue weighted by Gasteiger charge is -2.06. The second kappa shape index (κ2) is 9.43. The van der Waals surface area contributed by atoms with Crippen molar-refractivity contribution in [3.8, 4) is 0 Å². The van der Waals surface area contributed by atoms with E-state index in [4.69, 9.17) is 23.2 Å². The van der Waals surface area contributed by atoms with Gasteiger partial charge in [-0.15, -0.1) is 0 Å². The maximum Gasteiger partial charge on any atom is 0.343 e. The summed E-state index contributed by atoms with van der Waals surface area (Å²) in [5.74, 6) is -0.391. The minimum Gasteiger partial charge on any atom is -0.358 e. The van der Waals surface area contributed by atoms with Crippen molar-refractivity contribution in [2.24, 2.45) is 5.10 Å². The molecule has 4 rings (SSSR count). The average molecular weight is 485 g/mol. The number of hydrogen-bond donors (Lipinski definition) is 1. The summed E-state index contributed by atoms with van der Waals surface area (Å²) in [6, 6.07) is 13.3. The van der Waals surface area contributed by atoms with Gasteiger partial charge in [0.05, 0.1) is 16.3 Å². The van der Waals surface area contributed by atoms with Crippen molar-refractivity contribution in [3.63, 3.8) is 0 Å². The van der Waals surface area contributed by atoms with E-state index in [1.807, 2.05) is 42.6 Å². The predicted octanol–water partition coefficient (Wildman–Crippen LogP) is 4.56. The molecule has 0 bridgehead atoms. The van der Waals surface area contributed by atoms with Crippen LogP contribution in [-0.2, 0) is 17.9 Å². The largest absolute Gasteiger partial charge is 0.358 e. The fourth-order valence-electron chi connectivity index (χ4n) is 3.49. The number of aromatic nitrogens is 3. The van der Waals surface area contributed by atoms with Crippen molar-refractivity contribution in [2.45, 2.75) is 20.0 Å². The smallest absolute Gasteiger partial charge is 0.343 e. The molecule has 168 valence electrons. The number of nitrogens with one attached hydrogen (secondary N) is 1. The maximum atomic E-state index is 12.3. The zero-order valence-corrected chi connectivity index (χ0v) is 18.9. The molecule has 9 nitrogen and oxygen atoms in total. The number of nitrogens with zero attached hydrogens (tertiary/aromatic N) is 5. The fourth-order valence-corrected chi connectivity index (χ4v) is 3.81. The second-order valence-corrected chi connectivity index (χ2v) is 8.09. The molecule has 1 N–H and O–H groups in total. The number of aryl methyl sites for hydroxylation is 1. The summed E-state index contributed by atoms with van der Waals surface area (Å²) >= 11 is 12.2. The SMILES string of the molecule is Cc1ncc([N+](=O)[O-])n1CC(=O)N/N=C\c1cn(Cc2ccc(Cl)c(Cl)c2)c2ccccc12. The van der Waals surface area contributed by atoms with E-state index in [0.717, 1.165) is 28.2 Å². The Morgan fingerprint density at radius 3 is 2.79 bits per heavy atom. The Kier molecular flexibility index (Phi) is 6.43. The van der Waals surface area contributed by atoms with Crippen LogP contribution in [0, 0.1) is 17.0 Å². The zero-order valence-electron chi connectivity index (χ0n) is 17.4. The summed E-state index contributed by atoms with van der Waals surface area (Å²) < 4.78 is 3.27. The van der Waals surface area contributed by atoms with E-state index >= 15 is 0 Å². The van der Waals surface area contributed by atoms with Gasteiger partial charge in [0, 0.05) is 36.1 Å². The van der Waals surface area contributed by atoms with Gasteiger partial charge in [-0.3, -0.25) is 4.79 Å². The van der Waals surface area contributed by atoms with Gasteiger partial charge in [-0.25, -0.2) is 15.0 Å². The molecule has 33 heavy (non-hydrogen) atoms. The summed E-state index contributed by atoms with van der Waals surface area (Å²) in [6.45, 7) is 1.89. The number of fused-ring (bicyclic) bond motifs is 1. The number of para-hydroxylation sites is 1. The lowest BCUT2D eigenvalue weighted by atomic mass is 10.2. The molecule has 4 aromatic rings. The first-order chi connectivity index (χ1) is 15.8. The maximum absolute atomic E-state index is 12.3. The molecule has 2 aromatic carbocycles. The van der Waals surface area contributed by atoms with Crippen LogP contribution in [-0.4, -0.2) is 31.2 Å². The lowest BCUT2D eigenvalue weighted by molar-refractivity contribution is -0.392. The Bertz CT molecular complexity index is 1390. The number of carbonyl (C=O) groups excluding carboxylic acids is 1. The predicted molar refractivity (Wildman–Crippen MR) is 127 cm³/mol. The number of benzene rings is 2. The minimum atomic E-state index is -0.584. The van der Waals surface area contributed by atoms with Crippen molar-refractivity contribution in [1.29, 1.82) is 0 Å². The first-order valence-electron chi connectivity index (χ1n) is 9.83. The fraction of sp³-hybridized carbons (Fsp3) is 0.136. The van der Waals surface area contributed by atoms with Crippen LogP contribution in [0.3, 0.4) is 0 Å². The van der Waals surface area contributed by atoms with Crippen LogP contribution in [0.15, 0.2) is 60.0 Å². The Balaban J connectivity index is 1.52. The number of hydrazone groups is 1. The van der Waals surface area contributed by atoms with Crippen molar-refractivity contribution >= 4 is 52.0 Å². The van der Waals surface area contributed by atoms with Crippen molar-refractivity contribution in [3.05, 3.63) is 92.0 Å². The molecule has 0 spiro atoms. The van der Waals surface area contributed by atoms with Gasteiger partial charge >= 0.3 is 5.82 Å². The summed E-state index contributed by atoms with van der Waals surface area (Å²) in [5.41, 5.74) is 5.19. The van der Waals surface area contributed by atoms with Crippen LogP contribution in [0.4, 0.5) is 5.82 Å². The molecule has 11 heteroatoms. The van der Waals surface area contributed by atoms with E-state index in [0.29, 0.717) is 22.4 Å². The van der Waals surface area contributed by atoms with Crippen LogP contribution in [0.25, 0.3) is 10.9 Å². The van der Waals surface area contributed by atoms with E-state index in [1.165, 1.54) is 4.57 Å². The topological polar surface area (TPSA) is 107 Å². The van der Waals surface area contributed by atoms with Gasteiger partial charge in [0.15, 0.2) is 12.4 Å². The lowest BCUT2D eigenvalue weighted by Crippen LogP contribution is -2.24. The molecule has 2 heterocycles. The molecule has 0 radical (unpaired) electrons. The molecule has 0 saturated carbocycles.